The van der Waals surface area contributed by atoms with Crippen molar-refractivity contribution in [2.75, 3.05) is 0 Å². The van der Waals surface area contributed by atoms with Crippen LogP contribution in [0, 0.1) is 0 Å². The van der Waals surface area contributed by atoms with E-state index in [0.29, 0.717) is 0 Å². The lowest BCUT2D eigenvalue weighted by molar-refractivity contribution is 0.875. The van der Waals surface area contributed by atoms with Gasteiger partial charge in [0.25, 0.3) is 0 Å². The summed E-state index contributed by atoms with van der Waals surface area (Å²) in [5, 5.41) is 4.13. The monoisotopic (exact) mass is 381 g/mol. The molecule has 0 saturated carbocycles. The highest BCUT2D eigenvalue weighted by atomic mass is 79.9. The van der Waals surface area contributed by atoms with Gasteiger partial charge in [-0.05, 0) is 46.2 Å². The molecular weight excluding hydrogens is 373 g/mol. The van der Waals surface area contributed by atoms with Crippen molar-refractivity contribution in [2.45, 2.75) is 6.04 Å². The van der Waals surface area contributed by atoms with Gasteiger partial charge in [0.05, 0.1) is 6.04 Å². The third-order valence-corrected chi connectivity index (χ3v) is 3.76. The molecule has 0 saturated heterocycles. The molecule has 0 amide bonds. The Bertz CT molecular complexity index is 439. The zero-order valence-corrected chi connectivity index (χ0v) is 13.0. The molecule has 1 heterocycles. The fourth-order valence-corrected chi connectivity index (χ4v) is 3.42. The van der Waals surface area contributed by atoms with E-state index in [1.165, 1.54) is 0 Å². The highest BCUT2D eigenvalue weighted by Gasteiger charge is 2.10. The first-order chi connectivity index (χ1) is 7.16. The Morgan fingerprint density at radius 1 is 1.06 bits per heavy atom. The number of halogens is 3. The van der Waals surface area contributed by atoms with Gasteiger partial charge in [-0.1, -0.05) is 31.9 Å². The molecule has 86 valence electrons. The molecule has 0 radical (unpaired) electrons. The van der Waals surface area contributed by atoms with Crippen LogP contribution in [0.1, 0.15) is 17.2 Å². The van der Waals surface area contributed by atoms with E-state index in [1.54, 1.807) is 11.3 Å². The summed E-state index contributed by atoms with van der Waals surface area (Å²) in [7, 11) is 0. The molecule has 1 aromatic heterocycles. The highest BCUT2D eigenvalue weighted by molar-refractivity contribution is 9.11. The van der Waals surface area contributed by atoms with Crippen molar-refractivity contribution < 1.29 is 0 Å². The summed E-state index contributed by atoms with van der Waals surface area (Å²) >= 11 is 8.59. The summed E-state index contributed by atoms with van der Waals surface area (Å²) in [5.74, 6) is 0. The summed E-state index contributed by atoms with van der Waals surface area (Å²) in [5.41, 5.74) is 8.43. The van der Waals surface area contributed by atoms with Crippen LogP contribution in [-0.2, 0) is 0 Å². The highest BCUT2D eigenvalue weighted by Crippen LogP contribution is 2.27. The van der Waals surface area contributed by atoms with Crippen LogP contribution in [0.3, 0.4) is 0 Å². The standard InChI is InChI=1S/C11H9Br2NS.ClH/c12-9-3-8(4-10(13)5-9)11(14)7-1-2-15-6-7;/h1-6,11H,14H2;1H/t11-;/m1./s1. The van der Waals surface area contributed by atoms with E-state index in [-0.39, 0.29) is 18.4 Å². The van der Waals surface area contributed by atoms with Gasteiger partial charge in [0, 0.05) is 8.95 Å². The number of hydrogen-bond donors (Lipinski definition) is 1. The molecule has 5 heteroatoms. The predicted octanol–water partition coefficient (Wildman–Crippen LogP) is 4.74. The second-order valence-electron chi connectivity index (χ2n) is 3.24. The van der Waals surface area contributed by atoms with Gasteiger partial charge in [0.1, 0.15) is 0 Å². The Hall–Kier alpha value is 0.130. The number of nitrogens with two attached hydrogens (primary N) is 1. The number of hydrogen-bond acceptors (Lipinski definition) is 2. The van der Waals surface area contributed by atoms with E-state index in [9.17, 15) is 0 Å². The topological polar surface area (TPSA) is 26.0 Å². The quantitative estimate of drug-likeness (QED) is 0.796. The lowest BCUT2D eigenvalue weighted by atomic mass is 10.0. The van der Waals surface area contributed by atoms with E-state index in [2.05, 4.69) is 43.3 Å². The van der Waals surface area contributed by atoms with Crippen LogP contribution in [0.2, 0.25) is 0 Å². The predicted molar refractivity (Wildman–Crippen MR) is 79.4 cm³/mol. The van der Waals surface area contributed by atoms with Crippen molar-refractivity contribution in [3.8, 4) is 0 Å². The van der Waals surface area contributed by atoms with Gasteiger partial charge >= 0.3 is 0 Å². The zero-order chi connectivity index (χ0) is 10.8. The lowest BCUT2D eigenvalue weighted by Crippen LogP contribution is -2.10. The first-order valence-corrected chi connectivity index (χ1v) is 6.93. The number of thiophene rings is 1. The second-order valence-corrected chi connectivity index (χ2v) is 5.85. The molecule has 0 aliphatic heterocycles. The van der Waals surface area contributed by atoms with Crippen LogP contribution >= 0.6 is 55.6 Å². The van der Waals surface area contributed by atoms with Crippen molar-refractivity contribution in [1.29, 1.82) is 0 Å². The summed E-state index contributed by atoms with van der Waals surface area (Å²) in [4.78, 5) is 0. The van der Waals surface area contributed by atoms with Crippen LogP contribution in [0.5, 0.6) is 0 Å². The molecule has 0 aliphatic carbocycles. The minimum absolute atomic E-state index is 0. The Morgan fingerprint density at radius 2 is 1.69 bits per heavy atom. The molecule has 1 nitrogen and oxygen atoms in total. The summed E-state index contributed by atoms with van der Waals surface area (Å²) in [6, 6.07) is 8.11. The number of benzene rings is 1. The minimum atomic E-state index is -0.0509. The maximum Gasteiger partial charge on any atom is 0.0560 e. The maximum absolute atomic E-state index is 6.16. The Morgan fingerprint density at radius 3 is 2.19 bits per heavy atom. The maximum atomic E-state index is 6.16. The summed E-state index contributed by atoms with van der Waals surface area (Å²) < 4.78 is 2.08. The van der Waals surface area contributed by atoms with Crippen molar-refractivity contribution in [3.63, 3.8) is 0 Å². The van der Waals surface area contributed by atoms with Crippen LogP contribution < -0.4 is 5.73 Å². The molecule has 0 bridgehead atoms. The molecule has 0 unspecified atom stereocenters. The van der Waals surface area contributed by atoms with Gasteiger partial charge in [-0.15, -0.1) is 12.4 Å². The fourth-order valence-electron chi connectivity index (χ4n) is 1.40. The van der Waals surface area contributed by atoms with Crippen LogP contribution in [0.25, 0.3) is 0 Å². The first-order valence-electron chi connectivity index (χ1n) is 4.40. The van der Waals surface area contributed by atoms with Gasteiger partial charge < -0.3 is 5.73 Å². The van der Waals surface area contributed by atoms with E-state index in [1.807, 2.05) is 23.6 Å². The fraction of sp³-hybridized carbons (Fsp3) is 0.0909. The Balaban J connectivity index is 0.00000128. The molecule has 2 rings (SSSR count). The van der Waals surface area contributed by atoms with Crippen molar-refractivity contribution in [3.05, 3.63) is 55.1 Å². The smallest absolute Gasteiger partial charge is 0.0560 e. The average molecular weight is 384 g/mol. The number of rotatable bonds is 2. The average Bonchev–Trinajstić information content (AvgIpc) is 2.67. The second kappa shape index (κ2) is 6.17. The largest absolute Gasteiger partial charge is 0.320 e. The van der Waals surface area contributed by atoms with Gasteiger partial charge in [-0.25, -0.2) is 0 Å². The van der Waals surface area contributed by atoms with Gasteiger partial charge in [0.15, 0.2) is 0 Å². The zero-order valence-electron chi connectivity index (χ0n) is 8.19. The molecule has 2 N–H and O–H groups in total. The molecule has 1 aromatic carbocycles. The van der Waals surface area contributed by atoms with E-state index in [4.69, 9.17) is 5.73 Å². The van der Waals surface area contributed by atoms with Crippen LogP contribution in [-0.4, -0.2) is 0 Å². The Labute approximate surface area is 122 Å². The van der Waals surface area contributed by atoms with Crippen molar-refractivity contribution in [1.82, 2.24) is 0 Å². The molecule has 2 aromatic rings. The molecule has 0 spiro atoms. The molecule has 1 atom stereocenters. The normalized spacial score (nSPS) is 11.9. The molecule has 16 heavy (non-hydrogen) atoms. The van der Waals surface area contributed by atoms with Crippen molar-refractivity contribution in [2.24, 2.45) is 5.73 Å². The SMILES string of the molecule is Cl.N[C@H](c1ccsc1)c1cc(Br)cc(Br)c1. The van der Waals surface area contributed by atoms with Crippen LogP contribution in [0.4, 0.5) is 0 Å². The lowest BCUT2D eigenvalue weighted by Gasteiger charge is -2.11. The van der Waals surface area contributed by atoms with Gasteiger partial charge in [-0.2, -0.15) is 11.3 Å². The summed E-state index contributed by atoms with van der Waals surface area (Å²) in [6.45, 7) is 0. The van der Waals surface area contributed by atoms with E-state index >= 15 is 0 Å². The third-order valence-electron chi connectivity index (χ3n) is 2.15. The van der Waals surface area contributed by atoms with E-state index < -0.39 is 0 Å². The van der Waals surface area contributed by atoms with Crippen LogP contribution in [0.15, 0.2) is 44.0 Å². The van der Waals surface area contributed by atoms with Crippen molar-refractivity contribution >= 4 is 55.6 Å². The first kappa shape index (κ1) is 14.2. The van der Waals surface area contributed by atoms with Gasteiger partial charge in [0.2, 0.25) is 0 Å². The molecular formula is C11H10Br2ClNS. The third kappa shape index (κ3) is 3.31. The minimum Gasteiger partial charge on any atom is -0.320 e. The van der Waals surface area contributed by atoms with E-state index in [0.717, 1.165) is 20.1 Å². The molecule has 0 aliphatic rings. The summed E-state index contributed by atoms with van der Waals surface area (Å²) in [6.07, 6.45) is 0. The Kier molecular flexibility index (Phi) is 5.47. The van der Waals surface area contributed by atoms with Gasteiger partial charge in [-0.3, -0.25) is 0 Å². The molecule has 0 fully saturated rings.